The molecule has 1 N–H and O–H groups in total. The molecule has 1 unspecified atom stereocenters. The maximum Gasteiger partial charge on any atom is 0.197 e. The van der Waals surface area contributed by atoms with Crippen LogP contribution in [0.5, 0.6) is 5.75 Å². The number of aliphatic hydroxyl groups excluding tert-OH is 1. The second kappa shape index (κ2) is 6.95. The second-order valence-corrected chi connectivity index (χ2v) is 5.68. The molecule has 2 heteroatoms. The molecule has 1 saturated carbocycles. The Hall–Kier alpha value is -1.02. The van der Waals surface area contributed by atoms with Gasteiger partial charge in [0.15, 0.2) is 6.29 Å². The van der Waals surface area contributed by atoms with Crippen molar-refractivity contribution in [3.63, 3.8) is 0 Å². The Bertz CT molecular complexity index is 363. The quantitative estimate of drug-likeness (QED) is 0.793. The van der Waals surface area contributed by atoms with Gasteiger partial charge in [-0.2, -0.15) is 0 Å². The zero-order valence-electron chi connectivity index (χ0n) is 12.1. The topological polar surface area (TPSA) is 29.5 Å². The van der Waals surface area contributed by atoms with Crippen LogP contribution in [0.25, 0.3) is 0 Å². The first kappa shape index (κ1) is 14.4. The van der Waals surface area contributed by atoms with Crippen LogP contribution >= 0.6 is 0 Å². The van der Waals surface area contributed by atoms with Crippen molar-refractivity contribution in [1.82, 2.24) is 0 Å². The van der Waals surface area contributed by atoms with Crippen LogP contribution < -0.4 is 4.74 Å². The smallest absolute Gasteiger partial charge is 0.197 e. The van der Waals surface area contributed by atoms with E-state index in [1.807, 2.05) is 19.1 Å². The van der Waals surface area contributed by atoms with Crippen molar-refractivity contribution < 1.29 is 9.84 Å². The normalized spacial score (nSPS) is 25.0. The SMILES string of the molecule is CCC1CCC(c2ccc(OC(O)CC)cc2)CC1. The fourth-order valence-electron chi connectivity index (χ4n) is 2.96. The summed E-state index contributed by atoms with van der Waals surface area (Å²) in [5.41, 5.74) is 1.42. The third-order valence-electron chi connectivity index (χ3n) is 4.40. The Labute approximate surface area is 116 Å². The minimum absolute atomic E-state index is 0.614. The highest BCUT2D eigenvalue weighted by molar-refractivity contribution is 5.29. The molecule has 0 saturated heterocycles. The van der Waals surface area contributed by atoms with Crippen molar-refractivity contribution in [3.05, 3.63) is 29.8 Å². The lowest BCUT2D eigenvalue weighted by Crippen LogP contribution is -2.14. The van der Waals surface area contributed by atoms with E-state index < -0.39 is 6.29 Å². The summed E-state index contributed by atoms with van der Waals surface area (Å²) in [7, 11) is 0. The third-order valence-corrected chi connectivity index (χ3v) is 4.40. The highest BCUT2D eigenvalue weighted by Gasteiger charge is 2.21. The summed E-state index contributed by atoms with van der Waals surface area (Å²) in [6.07, 6.45) is 6.62. The molecule has 1 aromatic carbocycles. The molecular weight excluding hydrogens is 236 g/mol. The van der Waals surface area contributed by atoms with Crippen LogP contribution in [0, 0.1) is 5.92 Å². The first-order valence-electron chi connectivity index (χ1n) is 7.67. The molecule has 2 nitrogen and oxygen atoms in total. The molecule has 1 fully saturated rings. The van der Waals surface area contributed by atoms with Gasteiger partial charge in [0, 0.05) is 6.42 Å². The molecule has 1 aliphatic rings. The van der Waals surface area contributed by atoms with Gasteiger partial charge in [0.25, 0.3) is 0 Å². The van der Waals surface area contributed by atoms with Crippen LogP contribution in [0.15, 0.2) is 24.3 Å². The zero-order valence-corrected chi connectivity index (χ0v) is 12.1. The first-order chi connectivity index (χ1) is 9.22. The lowest BCUT2D eigenvalue weighted by atomic mass is 9.78. The lowest BCUT2D eigenvalue weighted by Gasteiger charge is -2.28. The van der Waals surface area contributed by atoms with Crippen molar-refractivity contribution in [3.8, 4) is 5.75 Å². The fourth-order valence-corrected chi connectivity index (χ4v) is 2.96. The van der Waals surface area contributed by atoms with Crippen molar-refractivity contribution in [2.24, 2.45) is 5.92 Å². The largest absolute Gasteiger partial charge is 0.465 e. The molecule has 19 heavy (non-hydrogen) atoms. The molecule has 1 atom stereocenters. The number of hydrogen-bond acceptors (Lipinski definition) is 2. The summed E-state index contributed by atoms with van der Waals surface area (Å²) in [5, 5.41) is 9.46. The van der Waals surface area contributed by atoms with E-state index in [0.717, 1.165) is 11.7 Å². The van der Waals surface area contributed by atoms with Gasteiger partial charge in [-0.05, 0) is 55.2 Å². The van der Waals surface area contributed by atoms with Crippen LogP contribution in [-0.2, 0) is 0 Å². The van der Waals surface area contributed by atoms with E-state index in [4.69, 9.17) is 4.74 Å². The molecule has 106 valence electrons. The number of aliphatic hydroxyl groups is 1. The molecule has 0 amide bonds. The standard InChI is InChI=1S/C17H26O2/c1-3-13-5-7-14(8-6-13)15-9-11-16(12-10-15)19-17(18)4-2/h9-14,17-18H,3-8H2,1-2H3. The minimum atomic E-state index is -0.689. The number of benzene rings is 1. The van der Waals surface area contributed by atoms with E-state index in [1.54, 1.807) is 0 Å². The van der Waals surface area contributed by atoms with Gasteiger partial charge < -0.3 is 9.84 Å². The van der Waals surface area contributed by atoms with Crippen molar-refractivity contribution in [2.45, 2.75) is 64.6 Å². The summed E-state index contributed by atoms with van der Waals surface area (Å²) < 4.78 is 5.40. The van der Waals surface area contributed by atoms with Gasteiger partial charge in [0.1, 0.15) is 5.75 Å². The summed E-state index contributed by atoms with van der Waals surface area (Å²) in [6, 6.07) is 8.30. The predicted octanol–water partition coefficient (Wildman–Crippen LogP) is 4.48. The maximum absolute atomic E-state index is 9.46. The summed E-state index contributed by atoms with van der Waals surface area (Å²) in [6.45, 7) is 4.21. The van der Waals surface area contributed by atoms with Crippen LogP contribution in [0.3, 0.4) is 0 Å². The van der Waals surface area contributed by atoms with Gasteiger partial charge in [0.05, 0.1) is 0 Å². The van der Waals surface area contributed by atoms with Gasteiger partial charge in [-0.15, -0.1) is 0 Å². The second-order valence-electron chi connectivity index (χ2n) is 5.68. The molecule has 1 aliphatic carbocycles. The van der Waals surface area contributed by atoms with Crippen LogP contribution in [-0.4, -0.2) is 11.4 Å². The molecular formula is C17H26O2. The lowest BCUT2D eigenvalue weighted by molar-refractivity contribution is -0.0191. The Morgan fingerprint density at radius 2 is 1.74 bits per heavy atom. The van der Waals surface area contributed by atoms with E-state index in [9.17, 15) is 5.11 Å². The average molecular weight is 262 g/mol. The summed E-state index contributed by atoms with van der Waals surface area (Å²) in [5.74, 6) is 2.42. The molecule has 0 spiro atoms. The van der Waals surface area contributed by atoms with Gasteiger partial charge >= 0.3 is 0 Å². The van der Waals surface area contributed by atoms with Crippen LogP contribution in [0.2, 0.25) is 0 Å². The zero-order chi connectivity index (χ0) is 13.7. The van der Waals surface area contributed by atoms with E-state index in [1.165, 1.54) is 37.7 Å². The molecule has 0 aliphatic heterocycles. The summed E-state index contributed by atoms with van der Waals surface area (Å²) in [4.78, 5) is 0. The maximum atomic E-state index is 9.46. The predicted molar refractivity (Wildman–Crippen MR) is 78.4 cm³/mol. The van der Waals surface area contributed by atoms with E-state index in [-0.39, 0.29) is 0 Å². The molecule has 0 aromatic heterocycles. The molecule has 0 bridgehead atoms. The Balaban J connectivity index is 1.91. The van der Waals surface area contributed by atoms with Gasteiger partial charge in [0.2, 0.25) is 0 Å². The Morgan fingerprint density at radius 1 is 1.11 bits per heavy atom. The molecule has 2 rings (SSSR count). The summed E-state index contributed by atoms with van der Waals surface area (Å²) >= 11 is 0. The van der Waals surface area contributed by atoms with E-state index in [0.29, 0.717) is 12.3 Å². The highest BCUT2D eigenvalue weighted by atomic mass is 16.6. The first-order valence-corrected chi connectivity index (χ1v) is 7.67. The highest BCUT2D eigenvalue weighted by Crippen LogP contribution is 2.37. The van der Waals surface area contributed by atoms with E-state index >= 15 is 0 Å². The van der Waals surface area contributed by atoms with Crippen molar-refractivity contribution >= 4 is 0 Å². The van der Waals surface area contributed by atoms with Gasteiger partial charge in [-0.25, -0.2) is 0 Å². The van der Waals surface area contributed by atoms with Crippen molar-refractivity contribution in [2.75, 3.05) is 0 Å². The molecule has 0 heterocycles. The number of ether oxygens (including phenoxy) is 1. The third kappa shape index (κ3) is 3.97. The fraction of sp³-hybridized carbons (Fsp3) is 0.647. The Morgan fingerprint density at radius 3 is 2.26 bits per heavy atom. The molecule has 0 radical (unpaired) electrons. The Kier molecular flexibility index (Phi) is 5.26. The van der Waals surface area contributed by atoms with Crippen molar-refractivity contribution in [1.29, 1.82) is 0 Å². The average Bonchev–Trinajstić information content (AvgIpc) is 2.48. The minimum Gasteiger partial charge on any atom is -0.465 e. The van der Waals surface area contributed by atoms with Crippen LogP contribution in [0.1, 0.15) is 63.9 Å². The van der Waals surface area contributed by atoms with Crippen LogP contribution in [0.4, 0.5) is 0 Å². The number of rotatable bonds is 5. The monoisotopic (exact) mass is 262 g/mol. The van der Waals surface area contributed by atoms with E-state index in [2.05, 4.69) is 19.1 Å². The molecule has 1 aromatic rings. The van der Waals surface area contributed by atoms with Gasteiger partial charge in [-0.1, -0.05) is 32.4 Å². The van der Waals surface area contributed by atoms with Gasteiger partial charge in [-0.3, -0.25) is 0 Å². The number of hydrogen-bond donors (Lipinski definition) is 1.